The summed E-state index contributed by atoms with van der Waals surface area (Å²) in [5, 5.41) is 4.71. The standard InChI is InChI=1S/C21H20F2N4O/c1-21(22,23)17-5-6-25-10-15(17)13-7-14-9-19(26-11-16(14)18(24)8-13)27-20(28-2)12-3-4-12/h5-11H,3-4,24H2,1-2H3,(H,26,27). The molecule has 7 heteroatoms. The average Bonchev–Trinajstić information content (AvgIpc) is 3.50. The molecule has 0 unspecified atom stereocenters. The molecule has 1 aliphatic carbocycles. The summed E-state index contributed by atoms with van der Waals surface area (Å²) in [7, 11) is 1.61. The highest BCUT2D eigenvalue weighted by Crippen LogP contribution is 2.38. The van der Waals surface area contributed by atoms with E-state index in [-0.39, 0.29) is 5.56 Å². The van der Waals surface area contributed by atoms with Crippen LogP contribution in [0.25, 0.3) is 21.9 Å². The zero-order valence-corrected chi connectivity index (χ0v) is 15.6. The number of methoxy groups -OCH3 is 1. The first-order valence-corrected chi connectivity index (χ1v) is 8.92. The van der Waals surface area contributed by atoms with E-state index in [1.165, 1.54) is 24.0 Å². The number of ether oxygens (including phenoxy) is 1. The number of anilines is 2. The fourth-order valence-corrected chi connectivity index (χ4v) is 3.21. The highest BCUT2D eigenvalue weighted by molar-refractivity contribution is 5.97. The maximum absolute atomic E-state index is 14.0. The zero-order chi connectivity index (χ0) is 19.9. The van der Waals surface area contributed by atoms with Crippen LogP contribution >= 0.6 is 0 Å². The van der Waals surface area contributed by atoms with Crippen LogP contribution in [-0.2, 0) is 10.7 Å². The van der Waals surface area contributed by atoms with Crippen LogP contribution in [0.5, 0.6) is 0 Å². The number of nitrogen functional groups attached to an aromatic ring is 1. The molecule has 1 aromatic carbocycles. The Labute approximate surface area is 161 Å². The quantitative estimate of drug-likeness (QED) is 0.477. The van der Waals surface area contributed by atoms with Gasteiger partial charge < -0.3 is 15.8 Å². The SMILES string of the molecule is COC(Nc1cc2cc(-c3cnccc3C(C)(F)F)cc(N)c2cn1)=C1CC1. The molecule has 0 aliphatic heterocycles. The maximum Gasteiger partial charge on any atom is 0.271 e. The number of nitrogens with two attached hydrogens (primary N) is 1. The van der Waals surface area contributed by atoms with E-state index in [1.54, 1.807) is 19.4 Å². The lowest BCUT2D eigenvalue weighted by atomic mass is 9.96. The Hall–Kier alpha value is -3.22. The van der Waals surface area contributed by atoms with Crippen LogP contribution in [0.3, 0.4) is 0 Å². The van der Waals surface area contributed by atoms with Crippen molar-refractivity contribution in [1.82, 2.24) is 9.97 Å². The van der Waals surface area contributed by atoms with Gasteiger partial charge in [-0.25, -0.2) is 13.8 Å². The molecule has 0 radical (unpaired) electrons. The Kier molecular flexibility index (Phi) is 4.37. The van der Waals surface area contributed by atoms with Gasteiger partial charge in [-0.3, -0.25) is 4.98 Å². The molecule has 0 spiro atoms. The average molecular weight is 382 g/mol. The molecular weight excluding hydrogens is 362 g/mol. The van der Waals surface area contributed by atoms with Gasteiger partial charge in [0.1, 0.15) is 5.82 Å². The molecule has 0 bridgehead atoms. The summed E-state index contributed by atoms with van der Waals surface area (Å²) in [5.41, 5.74) is 8.71. The lowest BCUT2D eigenvalue weighted by Crippen LogP contribution is -2.09. The molecule has 5 nitrogen and oxygen atoms in total. The number of nitrogens with zero attached hydrogens (tertiary/aromatic N) is 2. The van der Waals surface area contributed by atoms with E-state index >= 15 is 0 Å². The third-order valence-corrected chi connectivity index (χ3v) is 4.74. The molecule has 3 aromatic rings. The Bertz CT molecular complexity index is 1080. The van der Waals surface area contributed by atoms with Crippen molar-refractivity contribution in [2.45, 2.75) is 25.7 Å². The van der Waals surface area contributed by atoms with Crippen molar-refractivity contribution in [2.24, 2.45) is 0 Å². The number of pyridine rings is 2. The van der Waals surface area contributed by atoms with Crippen LogP contribution in [0.15, 0.2) is 54.3 Å². The van der Waals surface area contributed by atoms with E-state index < -0.39 is 5.92 Å². The Morgan fingerprint density at radius 1 is 1.21 bits per heavy atom. The molecule has 1 saturated carbocycles. The minimum absolute atomic E-state index is 0.0891. The Morgan fingerprint density at radius 3 is 2.68 bits per heavy atom. The number of aromatic nitrogens is 2. The van der Waals surface area contributed by atoms with Crippen molar-refractivity contribution in [3.63, 3.8) is 0 Å². The molecule has 2 aromatic heterocycles. The van der Waals surface area contributed by atoms with Gasteiger partial charge in [-0.2, -0.15) is 0 Å². The summed E-state index contributed by atoms with van der Waals surface area (Å²) in [5.74, 6) is -1.68. The van der Waals surface area contributed by atoms with Crippen molar-refractivity contribution in [1.29, 1.82) is 0 Å². The molecule has 0 saturated heterocycles. The molecule has 144 valence electrons. The predicted octanol–water partition coefficient (Wildman–Crippen LogP) is 5.05. The topological polar surface area (TPSA) is 73.1 Å². The molecule has 28 heavy (non-hydrogen) atoms. The van der Waals surface area contributed by atoms with Crippen LogP contribution in [-0.4, -0.2) is 17.1 Å². The van der Waals surface area contributed by atoms with Gasteiger partial charge >= 0.3 is 0 Å². The number of nitrogens with one attached hydrogen (secondary N) is 1. The fourth-order valence-electron chi connectivity index (χ4n) is 3.21. The normalized spacial score (nSPS) is 13.5. The van der Waals surface area contributed by atoms with Gasteiger partial charge in [0.25, 0.3) is 5.92 Å². The number of fused-ring (bicyclic) bond motifs is 1. The number of benzene rings is 1. The molecule has 0 amide bonds. The predicted molar refractivity (Wildman–Crippen MR) is 106 cm³/mol. The number of allylic oxidation sites excluding steroid dienone is 1. The molecule has 3 N–H and O–H groups in total. The highest BCUT2D eigenvalue weighted by atomic mass is 19.3. The van der Waals surface area contributed by atoms with Gasteiger partial charge in [-0.15, -0.1) is 0 Å². The largest absolute Gasteiger partial charge is 0.482 e. The van der Waals surface area contributed by atoms with Crippen molar-refractivity contribution < 1.29 is 13.5 Å². The summed E-state index contributed by atoms with van der Waals surface area (Å²) < 4.78 is 33.5. The summed E-state index contributed by atoms with van der Waals surface area (Å²) in [6.07, 6.45) is 6.49. The number of rotatable bonds is 5. The van der Waals surface area contributed by atoms with E-state index in [0.29, 0.717) is 28.5 Å². The first kappa shape index (κ1) is 18.2. The first-order chi connectivity index (χ1) is 13.4. The van der Waals surface area contributed by atoms with E-state index in [4.69, 9.17) is 10.5 Å². The number of alkyl halides is 2. The first-order valence-electron chi connectivity index (χ1n) is 8.92. The minimum atomic E-state index is -2.99. The van der Waals surface area contributed by atoms with Crippen molar-refractivity contribution >= 4 is 22.3 Å². The second-order valence-corrected chi connectivity index (χ2v) is 6.93. The monoisotopic (exact) mass is 382 g/mol. The van der Waals surface area contributed by atoms with Crippen LogP contribution in [0.2, 0.25) is 0 Å². The van der Waals surface area contributed by atoms with Crippen molar-refractivity contribution in [3.05, 3.63) is 59.9 Å². The number of hydrogen-bond donors (Lipinski definition) is 2. The van der Waals surface area contributed by atoms with Gasteiger partial charge in [0, 0.05) is 47.7 Å². The number of halogens is 2. The zero-order valence-electron chi connectivity index (χ0n) is 15.6. The molecule has 1 fully saturated rings. The third kappa shape index (κ3) is 3.47. The van der Waals surface area contributed by atoms with Crippen LogP contribution in [0.4, 0.5) is 20.3 Å². The highest BCUT2D eigenvalue weighted by Gasteiger charge is 2.28. The number of hydrogen-bond acceptors (Lipinski definition) is 5. The molecule has 2 heterocycles. The minimum Gasteiger partial charge on any atom is -0.482 e. The maximum atomic E-state index is 14.0. The summed E-state index contributed by atoms with van der Waals surface area (Å²) >= 11 is 0. The van der Waals surface area contributed by atoms with Crippen molar-refractivity contribution in [2.75, 3.05) is 18.2 Å². The Balaban J connectivity index is 1.81. The van der Waals surface area contributed by atoms with Crippen LogP contribution in [0.1, 0.15) is 25.3 Å². The second kappa shape index (κ2) is 6.74. The lowest BCUT2D eigenvalue weighted by Gasteiger charge is -2.16. The van der Waals surface area contributed by atoms with Gasteiger partial charge in [-0.1, -0.05) is 0 Å². The van der Waals surface area contributed by atoms with E-state index in [9.17, 15) is 8.78 Å². The smallest absolute Gasteiger partial charge is 0.271 e. The summed E-state index contributed by atoms with van der Waals surface area (Å²) in [6, 6.07) is 6.66. The van der Waals surface area contributed by atoms with Crippen LogP contribution in [0, 0.1) is 0 Å². The molecule has 1 aliphatic rings. The van der Waals surface area contributed by atoms with E-state index in [1.807, 2.05) is 12.1 Å². The van der Waals surface area contributed by atoms with Crippen molar-refractivity contribution in [3.8, 4) is 11.1 Å². The van der Waals surface area contributed by atoms with E-state index in [2.05, 4.69) is 15.3 Å². The van der Waals surface area contributed by atoms with Crippen LogP contribution < -0.4 is 11.1 Å². The van der Waals surface area contributed by atoms with Gasteiger partial charge in [0.2, 0.25) is 0 Å². The molecule has 4 rings (SSSR count). The second-order valence-electron chi connectivity index (χ2n) is 6.93. The molecular formula is C21H20F2N4O. The summed E-state index contributed by atoms with van der Waals surface area (Å²) in [4.78, 5) is 8.41. The van der Waals surface area contributed by atoms with E-state index in [0.717, 1.165) is 30.5 Å². The Morgan fingerprint density at radius 2 is 2.00 bits per heavy atom. The van der Waals surface area contributed by atoms with Gasteiger partial charge in [0.15, 0.2) is 5.88 Å². The third-order valence-electron chi connectivity index (χ3n) is 4.74. The molecule has 0 atom stereocenters. The lowest BCUT2D eigenvalue weighted by molar-refractivity contribution is 0.0180. The van der Waals surface area contributed by atoms with Gasteiger partial charge in [0.05, 0.1) is 7.11 Å². The summed E-state index contributed by atoms with van der Waals surface area (Å²) in [6.45, 7) is 0.875. The van der Waals surface area contributed by atoms with Gasteiger partial charge in [-0.05, 0) is 53.6 Å². The fraction of sp³-hybridized carbons (Fsp3) is 0.238.